The fourth-order valence-electron chi connectivity index (χ4n) is 2.13. The number of aliphatic hydroxyl groups excluding tert-OH is 1. The second kappa shape index (κ2) is 4.96. The van der Waals surface area contributed by atoms with Gasteiger partial charge in [0.15, 0.2) is 0 Å². The number of anilines is 2. The number of rotatable bonds is 6. The first-order chi connectivity index (χ1) is 8.97. The Labute approximate surface area is 110 Å². The summed E-state index contributed by atoms with van der Waals surface area (Å²) >= 11 is 0. The van der Waals surface area contributed by atoms with Gasteiger partial charge in [-0.2, -0.15) is 4.98 Å². The highest BCUT2D eigenvalue weighted by atomic mass is 16.6. The first-order valence-corrected chi connectivity index (χ1v) is 6.11. The lowest BCUT2D eigenvalue weighted by molar-refractivity contribution is -0.385. The molecule has 2 rings (SSSR count). The van der Waals surface area contributed by atoms with Gasteiger partial charge in [0.1, 0.15) is 5.69 Å². The third-order valence-corrected chi connectivity index (χ3v) is 3.49. The molecule has 19 heavy (non-hydrogen) atoms. The van der Waals surface area contributed by atoms with Gasteiger partial charge in [0, 0.05) is 13.2 Å². The number of nitrogens with zero attached hydrogens (tertiary/aromatic N) is 3. The van der Waals surface area contributed by atoms with E-state index in [0.717, 1.165) is 12.8 Å². The minimum atomic E-state index is -0.511. The highest BCUT2D eigenvalue weighted by molar-refractivity contribution is 5.60. The molecule has 0 saturated heterocycles. The highest BCUT2D eigenvalue weighted by Gasteiger charge is 2.42. The smallest absolute Gasteiger partial charge is 0.332 e. The quantitative estimate of drug-likeness (QED) is 0.515. The van der Waals surface area contributed by atoms with Crippen molar-refractivity contribution < 1.29 is 10.0 Å². The summed E-state index contributed by atoms with van der Waals surface area (Å²) in [5.41, 5.74) is 5.65. The molecule has 1 aliphatic rings. The Hall–Kier alpha value is -1.96. The van der Waals surface area contributed by atoms with Crippen LogP contribution < -0.4 is 11.1 Å². The number of aliphatic hydroxyl groups is 1. The Balaban J connectivity index is 2.17. The molecule has 4 N–H and O–H groups in total. The molecule has 0 amide bonds. The first kappa shape index (κ1) is 13.5. The van der Waals surface area contributed by atoms with Gasteiger partial charge in [-0.1, -0.05) is 0 Å². The number of aromatic nitrogens is 2. The lowest BCUT2D eigenvalue weighted by atomic mass is 10.0. The predicted molar refractivity (Wildman–Crippen MR) is 69.7 cm³/mol. The molecule has 0 radical (unpaired) electrons. The molecule has 0 bridgehead atoms. The van der Waals surface area contributed by atoms with Crippen LogP contribution in [0, 0.1) is 22.5 Å². The largest absolute Gasteiger partial charge is 0.396 e. The summed E-state index contributed by atoms with van der Waals surface area (Å²) in [5.74, 6) is 0.164. The molecular formula is C11H17N5O3. The van der Waals surface area contributed by atoms with E-state index in [4.69, 9.17) is 10.8 Å². The average Bonchev–Trinajstić information content (AvgIpc) is 3.06. The Morgan fingerprint density at radius 3 is 2.74 bits per heavy atom. The van der Waals surface area contributed by atoms with Gasteiger partial charge in [-0.05, 0) is 31.6 Å². The molecule has 0 aliphatic heterocycles. The first-order valence-electron chi connectivity index (χ1n) is 6.11. The second-order valence-corrected chi connectivity index (χ2v) is 4.95. The Bertz CT molecular complexity index is 501. The van der Waals surface area contributed by atoms with Crippen LogP contribution in [0.25, 0.3) is 0 Å². The van der Waals surface area contributed by atoms with Crippen molar-refractivity contribution in [1.82, 2.24) is 9.97 Å². The maximum atomic E-state index is 11.0. The van der Waals surface area contributed by atoms with Crippen LogP contribution in [0.4, 0.5) is 17.5 Å². The molecule has 1 aromatic rings. The van der Waals surface area contributed by atoms with E-state index < -0.39 is 4.92 Å². The van der Waals surface area contributed by atoms with E-state index in [1.807, 2.05) is 0 Å². The second-order valence-electron chi connectivity index (χ2n) is 4.95. The van der Waals surface area contributed by atoms with Gasteiger partial charge >= 0.3 is 5.69 Å². The van der Waals surface area contributed by atoms with Gasteiger partial charge < -0.3 is 16.2 Å². The van der Waals surface area contributed by atoms with Crippen LogP contribution in [0.2, 0.25) is 0 Å². The number of nitro groups is 1. The van der Waals surface area contributed by atoms with Gasteiger partial charge in [-0.25, -0.2) is 4.98 Å². The number of aryl methyl sites for hydroxylation is 1. The molecule has 0 spiro atoms. The molecule has 1 heterocycles. The molecule has 8 nitrogen and oxygen atoms in total. The number of nitrogen functional groups attached to an aromatic ring is 1. The summed E-state index contributed by atoms with van der Waals surface area (Å²) in [5, 5.41) is 23.0. The van der Waals surface area contributed by atoms with Gasteiger partial charge in [0.2, 0.25) is 11.8 Å². The van der Waals surface area contributed by atoms with Crippen molar-refractivity contribution in [2.24, 2.45) is 5.41 Å². The lowest BCUT2D eigenvalue weighted by Gasteiger charge is -2.15. The van der Waals surface area contributed by atoms with Crippen LogP contribution in [0.3, 0.4) is 0 Å². The molecular weight excluding hydrogens is 250 g/mol. The van der Waals surface area contributed by atoms with Crippen molar-refractivity contribution >= 4 is 17.5 Å². The van der Waals surface area contributed by atoms with Crippen LogP contribution in [0.5, 0.6) is 0 Å². The molecule has 8 heteroatoms. The van der Waals surface area contributed by atoms with E-state index >= 15 is 0 Å². The van der Waals surface area contributed by atoms with Crippen LogP contribution in [0.1, 0.15) is 25.0 Å². The van der Waals surface area contributed by atoms with Crippen molar-refractivity contribution in [3.63, 3.8) is 0 Å². The summed E-state index contributed by atoms with van der Waals surface area (Å²) in [7, 11) is 0. The summed E-state index contributed by atoms with van der Waals surface area (Å²) in [4.78, 5) is 18.2. The van der Waals surface area contributed by atoms with E-state index in [2.05, 4.69) is 15.3 Å². The fraction of sp³-hybridized carbons (Fsp3) is 0.636. The van der Waals surface area contributed by atoms with Crippen molar-refractivity contribution in [2.75, 3.05) is 24.2 Å². The normalized spacial score (nSPS) is 16.1. The van der Waals surface area contributed by atoms with Crippen molar-refractivity contribution in [3.05, 3.63) is 15.8 Å². The fourth-order valence-corrected chi connectivity index (χ4v) is 2.13. The predicted octanol–water partition coefficient (Wildman–Crippen LogP) is 0.850. The molecule has 0 atom stereocenters. The minimum absolute atomic E-state index is 0.0117. The summed E-state index contributed by atoms with van der Waals surface area (Å²) in [6.45, 7) is 2.20. The Morgan fingerprint density at radius 1 is 1.53 bits per heavy atom. The number of nitrogens with two attached hydrogens (primary N) is 1. The topological polar surface area (TPSA) is 127 Å². The zero-order valence-corrected chi connectivity index (χ0v) is 10.7. The highest BCUT2D eigenvalue weighted by Crippen LogP contribution is 2.48. The van der Waals surface area contributed by atoms with Gasteiger partial charge in [-0.3, -0.25) is 10.1 Å². The number of hydrogen-bond acceptors (Lipinski definition) is 7. The van der Waals surface area contributed by atoms with Crippen LogP contribution in [0.15, 0.2) is 0 Å². The van der Waals surface area contributed by atoms with Crippen molar-refractivity contribution in [1.29, 1.82) is 0 Å². The van der Waals surface area contributed by atoms with Crippen LogP contribution in [-0.2, 0) is 0 Å². The lowest BCUT2D eigenvalue weighted by Crippen LogP contribution is -2.19. The van der Waals surface area contributed by atoms with E-state index in [-0.39, 0.29) is 35.2 Å². The average molecular weight is 267 g/mol. The standard InChI is InChI=1S/C11H17N5O3/c1-7-8(16(18)19)9(15-10(12)14-7)13-6-11(2-3-11)4-5-17/h17H,2-6H2,1H3,(H3,12,13,14,15). The SMILES string of the molecule is Cc1nc(N)nc(NCC2(CCO)CC2)c1[N+](=O)[O-]. The maximum Gasteiger partial charge on any atom is 0.332 e. The summed E-state index contributed by atoms with van der Waals surface area (Å²) in [6, 6.07) is 0. The Kier molecular flexibility index (Phi) is 3.52. The third-order valence-electron chi connectivity index (χ3n) is 3.49. The molecule has 0 unspecified atom stereocenters. The molecule has 0 aromatic carbocycles. The Morgan fingerprint density at radius 2 is 2.21 bits per heavy atom. The summed E-state index contributed by atoms with van der Waals surface area (Å²) < 4.78 is 0. The zero-order chi connectivity index (χ0) is 14.0. The van der Waals surface area contributed by atoms with Gasteiger partial charge in [-0.15, -0.1) is 0 Å². The zero-order valence-electron chi connectivity index (χ0n) is 10.7. The van der Waals surface area contributed by atoms with E-state index in [9.17, 15) is 10.1 Å². The maximum absolute atomic E-state index is 11.0. The van der Waals surface area contributed by atoms with Gasteiger partial charge in [0.25, 0.3) is 0 Å². The molecule has 1 saturated carbocycles. The molecule has 1 fully saturated rings. The number of nitrogens with one attached hydrogen (secondary N) is 1. The minimum Gasteiger partial charge on any atom is -0.396 e. The molecule has 1 aliphatic carbocycles. The molecule has 1 aromatic heterocycles. The van der Waals surface area contributed by atoms with Crippen LogP contribution in [-0.4, -0.2) is 33.1 Å². The van der Waals surface area contributed by atoms with Crippen molar-refractivity contribution in [3.8, 4) is 0 Å². The van der Waals surface area contributed by atoms with Crippen LogP contribution >= 0.6 is 0 Å². The third kappa shape index (κ3) is 2.90. The van der Waals surface area contributed by atoms with E-state index in [0.29, 0.717) is 13.0 Å². The summed E-state index contributed by atoms with van der Waals surface area (Å²) in [6.07, 6.45) is 2.70. The monoisotopic (exact) mass is 267 g/mol. The van der Waals surface area contributed by atoms with Crippen molar-refractivity contribution in [2.45, 2.75) is 26.2 Å². The van der Waals surface area contributed by atoms with E-state index in [1.54, 1.807) is 0 Å². The van der Waals surface area contributed by atoms with E-state index in [1.165, 1.54) is 6.92 Å². The van der Waals surface area contributed by atoms with Gasteiger partial charge in [0.05, 0.1) is 4.92 Å². The number of hydrogen-bond donors (Lipinski definition) is 3. The molecule has 104 valence electrons.